The Kier molecular flexibility index (Phi) is 4.47. The highest BCUT2D eigenvalue weighted by atomic mass is 35.5. The van der Waals surface area contributed by atoms with E-state index in [1.807, 2.05) is 5.38 Å². The highest BCUT2D eigenvalue weighted by molar-refractivity contribution is 7.99. The summed E-state index contributed by atoms with van der Waals surface area (Å²) in [6.07, 6.45) is 0. The number of anilines is 1. The van der Waals surface area contributed by atoms with E-state index in [4.69, 9.17) is 11.6 Å². The molecule has 0 fully saturated rings. The normalized spacial score (nSPS) is 10.8. The van der Waals surface area contributed by atoms with Gasteiger partial charge in [0.2, 0.25) is 5.91 Å². The number of nitrogens with one attached hydrogen (secondary N) is 2. The summed E-state index contributed by atoms with van der Waals surface area (Å²) < 4.78 is 0. The van der Waals surface area contributed by atoms with Gasteiger partial charge in [0, 0.05) is 10.7 Å². The molecule has 2 heterocycles. The number of amides is 1. The molecular weight excluding hydrogens is 342 g/mol. The van der Waals surface area contributed by atoms with Gasteiger partial charge in [-0.05, 0) is 35.7 Å². The first-order chi connectivity index (χ1) is 10.6. The lowest BCUT2D eigenvalue weighted by molar-refractivity contribution is -0.113. The lowest BCUT2D eigenvalue weighted by Gasteiger charge is -2.05. The van der Waals surface area contributed by atoms with Crippen LogP contribution >= 0.6 is 34.7 Å². The fraction of sp³-hybridized carbons (Fsp3) is 0.0714. The summed E-state index contributed by atoms with van der Waals surface area (Å²) in [4.78, 5) is 31.4. The SMILES string of the molecule is O=C(CSc1nc2sccc2c(=O)[nH]1)Nc1ccc(Cl)cc1. The minimum Gasteiger partial charge on any atom is -0.325 e. The van der Waals surface area contributed by atoms with Crippen LogP contribution in [-0.4, -0.2) is 21.6 Å². The van der Waals surface area contributed by atoms with E-state index < -0.39 is 0 Å². The van der Waals surface area contributed by atoms with Gasteiger partial charge in [0.05, 0.1) is 11.1 Å². The van der Waals surface area contributed by atoms with Crippen LogP contribution in [-0.2, 0) is 4.79 Å². The van der Waals surface area contributed by atoms with Gasteiger partial charge in [-0.1, -0.05) is 23.4 Å². The number of aromatic amines is 1. The van der Waals surface area contributed by atoms with Crippen molar-refractivity contribution in [2.45, 2.75) is 5.16 Å². The van der Waals surface area contributed by atoms with E-state index in [1.54, 1.807) is 30.3 Å². The number of nitrogens with zero attached hydrogens (tertiary/aromatic N) is 1. The Morgan fingerprint density at radius 3 is 2.86 bits per heavy atom. The van der Waals surface area contributed by atoms with Crippen LogP contribution in [0, 0.1) is 0 Å². The Balaban J connectivity index is 1.64. The Morgan fingerprint density at radius 1 is 1.32 bits per heavy atom. The zero-order valence-corrected chi connectivity index (χ0v) is 13.5. The Hall–Kier alpha value is -1.83. The van der Waals surface area contributed by atoms with Crippen LogP contribution in [0.3, 0.4) is 0 Å². The van der Waals surface area contributed by atoms with Crippen LogP contribution in [0.4, 0.5) is 5.69 Å². The molecule has 5 nitrogen and oxygen atoms in total. The summed E-state index contributed by atoms with van der Waals surface area (Å²) in [6, 6.07) is 8.58. The second-order valence-corrected chi connectivity index (χ2v) is 6.65. The van der Waals surface area contributed by atoms with Crippen LogP contribution in [0.25, 0.3) is 10.2 Å². The number of aromatic nitrogens is 2. The molecular formula is C14H10ClN3O2S2. The van der Waals surface area contributed by atoms with Gasteiger partial charge in [-0.25, -0.2) is 4.98 Å². The molecule has 0 radical (unpaired) electrons. The average molecular weight is 352 g/mol. The summed E-state index contributed by atoms with van der Waals surface area (Å²) in [7, 11) is 0. The average Bonchev–Trinajstić information content (AvgIpc) is 2.97. The van der Waals surface area contributed by atoms with Crippen molar-refractivity contribution in [1.82, 2.24) is 9.97 Å². The summed E-state index contributed by atoms with van der Waals surface area (Å²) >= 11 is 8.37. The van der Waals surface area contributed by atoms with Crippen molar-refractivity contribution >= 4 is 56.5 Å². The molecule has 8 heteroatoms. The van der Waals surface area contributed by atoms with Crippen LogP contribution in [0.5, 0.6) is 0 Å². The number of thiophene rings is 1. The van der Waals surface area contributed by atoms with Gasteiger partial charge in [0.15, 0.2) is 5.16 Å². The molecule has 0 aliphatic carbocycles. The standard InChI is InChI=1S/C14H10ClN3O2S2/c15-8-1-3-9(4-2-8)16-11(19)7-22-14-17-12(20)10-5-6-21-13(10)18-14/h1-6H,7H2,(H,16,19)(H,17,18,20). The maximum Gasteiger partial charge on any atom is 0.260 e. The summed E-state index contributed by atoms with van der Waals surface area (Å²) in [5.41, 5.74) is 0.483. The highest BCUT2D eigenvalue weighted by Crippen LogP contribution is 2.19. The van der Waals surface area contributed by atoms with E-state index in [1.165, 1.54) is 23.1 Å². The van der Waals surface area contributed by atoms with Crippen LogP contribution in [0.2, 0.25) is 5.02 Å². The largest absolute Gasteiger partial charge is 0.325 e. The van der Waals surface area contributed by atoms with Crippen LogP contribution in [0.15, 0.2) is 45.7 Å². The van der Waals surface area contributed by atoms with Gasteiger partial charge in [0.25, 0.3) is 5.56 Å². The highest BCUT2D eigenvalue weighted by Gasteiger charge is 2.08. The van der Waals surface area contributed by atoms with Crippen molar-refractivity contribution in [1.29, 1.82) is 0 Å². The smallest absolute Gasteiger partial charge is 0.260 e. The lowest BCUT2D eigenvalue weighted by atomic mass is 10.3. The first-order valence-corrected chi connectivity index (χ1v) is 8.52. The Labute approximate surface area is 138 Å². The molecule has 2 aromatic heterocycles. The molecule has 0 saturated carbocycles. The van der Waals surface area contributed by atoms with Crippen molar-refractivity contribution in [2.24, 2.45) is 0 Å². The number of carbonyl (C=O) groups is 1. The molecule has 22 heavy (non-hydrogen) atoms. The topological polar surface area (TPSA) is 74.8 Å². The minimum absolute atomic E-state index is 0.155. The van der Waals surface area contributed by atoms with Gasteiger partial charge in [0.1, 0.15) is 4.83 Å². The zero-order valence-electron chi connectivity index (χ0n) is 11.1. The molecule has 112 valence electrons. The van der Waals surface area contributed by atoms with Crippen molar-refractivity contribution in [2.75, 3.05) is 11.1 Å². The van der Waals surface area contributed by atoms with E-state index in [-0.39, 0.29) is 17.2 Å². The van der Waals surface area contributed by atoms with Crippen molar-refractivity contribution in [3.63, 3.8) is 0 Å². The molecule has 0 bridgehead atoms. The van der Waals surface area contributed by atoms with Gasteiger partial charge in [-0.2, -0.15) is 0 Å². The molecule has 1 aromatic carbocycles. The first-order valence-electron chi connectivity index (χ1n) is 6.27. The number of benzene rings is 1. The quantitative estimate of drug-likeness (QED) is 0.558. The molecule has 2 N–H and O–H groups in total. The molecule has 0 unspecified atom stereocenters. The maximum atomic E-state index is 11.9. The van der Waals surface area contributed by atoms with E-state index in [2.05, 4.69) is 15.3 Å². The van der Waals surface area contributed by atoms with Gasteiger partial charge >= 0.3 is 0 Å². The predicted octanol–water partition coefficient (Wildman–Crippen LogP) is 3.37. The van der Waals surface area contributed by atoms with E-state index in [0.29, 0.717) is 26.1 Å². The van der Waals surface area contributed by atoms with E-state index in [9.17, 15) is 9.59 Å². The van der Waals surface area contributed by atoms with Crippen LogP contribution in [0.1, 0.15) is 0 Å². The van der Waals surface area contributed by atoms with Gasteiger partial charge in [-0.3, -0.25) is 9.59 Å². The molecule has 0 atom stereocenters. The molecule has 0 spiro atoms. The minimum atomic E-state index is -0.188. The predicted molar refractivity (Wildman–Crippen MR) is 91.0 cm³/mol. The number of thioether (sulfide) groups is 1. The summed E-state index contributed by atoms with van der Waals surface area (Å²) in [5, 5.41) is 6.18. The monoisotopic (exact) mass is 351 g/mol. The van der Waals surface area contributed by atoms with E-state index >= 15 is 0 Å². The molecule has 0 saturated heterocycles. The lowest BCUT2D eigenvalue weighted by Crippen LogP contribution is -2.15. The summed E-state index contributed by atoms with van der Waals surface area (Å²) in [5.74, 6) is -0.0242. The maximum absolute atomic E-state index is 11.9. The Morgan fingerprint density at radius 2 is 2.09 bits per heavy atom. The molecule has 0 aliphatic heterocycles. The van der Waals surface area contributed by atoms with Crippen molar-refractivity contribution in [3.05, 3.63) is 51.1 Å². The second-order valence-electron chi connectivity index (χ2n) is 4.35. The molecule has 3 aromatic rings. The number of hydrogen-bond donors (Lipinski definition) is 2. The summed E-state index contributed by atoms with van der Waals surface area (Å²) in [6.45, 7) is 0. The van der Waals surface area contributed by atoms with E-state index in [0.717, 1.165) is 0 Å². The van der Waals surface area contributed by atoms with Gasteiger partial charge in [-0.15, -0.1) is 11.3 Å². The number of fused-ring (bicyclic) bond motifs is 1. The number of hydrogen-bond acceptors (Lipinski definition) is 5. The number of H-pyrrole nitrogens is 1. The third-order valence-corrected chi connectivity index (χ3v) is 4.71. The number of carbonyl (C=O) groups excluding carboxylic acids is 1. The van der Waals surface area contributed by atoms with Crippen LogP contribution < -0.4 is 10.9 Å². The zero-order chi connectivity index (χ0) is 15.5. The molecule has 3 rings (SSSR count). The second kappa shape index (κ2) is 6.51. The van der Waals surface area contributed by atoms with Crippen molar-refractivity contribution in [3.8, 4) is 0 Å². The fourth-order valence-electron chi connectivity index (χ4n) is 1.78. The number of rotatable bonds is 4. The number of halogens is 1. The third-order valence-electron chi connectivity index (χ3n) is 2.78. The van der Waals surface area contributed by atoms with Crippen molar-refractivity contribution < 1.29 is 4.79 Å². The third kappa shape index (κ3) is 3.49. The Bertz CT molecular complexity index is 874. The molecule has 1 amide bonds. The fourth-order valence-corrected chi connectivity index (χ4v) is 3.39. The van der Waals surface area contributed by atoms with Gasteiger partial charge < -0.3 is 10.3 Å². The molecule has 0 aliphatic rings. The first kappa shape index (κ1) is 15.1.